The number of rotatable bonds is 27. The summed E-state index contributed by atoms with van der Waals surface area (Å²) in [5.41, 5.74) is 14.4. The molecule has 5 aromatic rings. The van der Waals surface area contributed by atoms with Crippen LogP contribution < -0.4 is 10.5 Å². The summed E-state index contributed by atoms with van der Waals surface area (Å²) in [7, 11) is 0. The molecule has 0 atom stereocenters. The molecule has 406 valence electrons. The Balaban J connectivity index is 0.000000377. The van der Waals surface area contributed by atoms with E-state index in [9.17, 15) is 9.59 Å². The number of esters is 2. The highest BCUT2D eigenvalue weighted by atomic mass is 35.5. The van der Waals surface area contributed by atoms with Crippen LogP contribution >= 0.6 is 11.6 Å². The summed E-state index contributed by atoms with van der Waals surface area (Å²) in [4.78, 5) is 22.2. The van der Waals surface area contributed by atoms with Gasteiger partial charge in [0.2, 0.25) is 0 Å². The Bertz CT molecular complexity index is 2450. The third kappa shape index (κ3) is 31.0. The first-order valence-corrected chi connectivity index (χ1v) is 27.1. The van der Waals surface area contributed by atoms with Gasteiger partial charge < -0.3 is 25.1 Å². The fourth-order valence-electron chi connectivity index (χ4n) is 6.75. The van der Waals surface area contributed by atoms with E-state index in [1.165, 1.54) is 36.0 Å². The molecular weight excluding hydrogens is 958 g/mol. The van der Waals surface area contributed by atoms with Gasteiger partial charge in [-0.3, -0.25) is 0 Å². The number of nitrogens with two attached hydrogens (primary N) is 1. The number of hydrogen-bond acceptors (Lipinski definition) is 11. The maximum atomic E-state index is 11.3. The second-order valence-corrected chi connectivity index (χ2v) is 19.7. The SMILES string of the molecule is C=C(C)C(=O)OCCCCCCCCCl.C=C(C)C(=O)OCCCCCCCCOc1ccc(N=Nc2cccc(C(C)C)c2)cc1.CC(C)c1cccc(N)c1.CC(C)c1cccc(N=Nc2ccc(O)cc2)c1. The fraction of sp³-hybridized carbons (Fsp3) is 0.429. The van der Waals surface area contributed by atoms with Crippen molar-refractivity contribution in [2.24, 2.45) is 20.5 Å². The van der Waals surface area contributed by atoms with E-state index in [4.69, 9.17) is 36.7 Å². The molecule has 0 aliphatic carbocycles. The molecule has 5 rings (SSSR count). The minimum atomic E-state index is -0.297. The van der Waals surface area contributed by atoms with Crippen LogP contribution in [0.2, 0.25) is 0 Å². The minimum absolute atomic E-state index is 0.232. The molecule has 11 nitrogen and oxygen atoms in total. The lowest BCUT2D eigenvalue weighted by atomic mass is 10.0. The van der Waals surface area contributed by atoms with Crippen LogP contribution in [0, 0.1) is 0 Å². The number of unbranched alkanes of at least 4 members (excludes halogenated alkanes) is 10. The third-order valence-corrected chi connectivity index (χ3v) is 11.7. The maximum Gasteiger partial charge on any atom is 0.333 e. The number of phenolic OH excluding ortho intramolecular Hbond substituents is 1. The fourth-order valence-corrected chi connectivity index (χ4v) is 6.94. The van der Waals surface area contributed by atoms with Crippen molar-refractivity contribution < 1.29 is 28.9 Å². The second kappa shape index (κ2) is 38.9. The molecule has 0 aliphatic heterocycles. The number of ether oxygens (including phenoxy) is 3. The zero-order valence-electron chi connectivity index (χ0n) is 46.2. The monoisotopic (exact) mass is 1040 g/mol. The number of phenols is 1. The number of carbonyl (C=O) groups excluding carboxylic acids is 2. The number of benzene rings is 5. The summed E-state index contributed by atoms with van der Waals surface area (Å²) in [5.74, 6) is 2.79. The number of nitrogens with zero attached hydrogens (tertiary/aromatic N) is 4. The molecule has 0 heterocycles. The van der Waals surface area contributed by atoms with E-state index in [0.29, 0.717) is 48.7 Å². The molecule has 75 heavy (non-hydrogen) atoms. The van der Waals surface area contributed by atoms with E-state index >= 15 is 0 Å². The number of anilines is 1. The van der Waals surface area contributed by atoms with Gasteiger partial charge in [0.25, 0.3) is 0 Å². The van der Waals surface area contributed by atoms with Gasteiger partial charge in [-0.2, -0.15) is 20.5 Å². The molecule has 12 heteroatoms. The van der Waals surface area contributed by atoms with Gasteiger partial charge in [-0.05, 0) is 159 Å². The van der Waals surface area contributed by atoms with Crippen LogP contribution in [0.25, 0.3) is 0 Å². The Hall–Kier alpha value is -6.59. The quantitative estimate of drug-likeness (QED) is 0.0132. The predicted octanol–water partition coefficient (Wildman–Crippen LogP) is 19.1. The van der Waals surface area contributed by atoms with Crippen molar-refractivity contribution in [3.63, 3.8) is 0 Å². The van der Waals surface area contributed by atoms with E-state index < -0.39 is 0 Å². The highest BCUT2D eigenvalue weighted by Gasteiger charge is 2.05. The molecule has 0 radical (unpaired) electrons. The van der Waals surface area contributed by atoms with Gasteiger partial charge in [-0.1, -0.05) is 142 Å². The number of azo groups is 2. The van der Waals surface area contributed by atoms with Crippen molar-refractivity contribution >= 4 is 52.0 Å². The van der Waals surface area contributed by atoms with Crippen LogP contribution in [0.4, 0.5) is 28.4 Å². The van der Waals surface area contributed by atoms with Gasteiger partial charge in [0, 0.05) is 22.7 Å². The van der Waals surface area contributed by atoms with Crippen LogP contribution in [-0.4, -0.2) is 42.7 Å². The van der Waals surface area contributed by atoms with E-state index in [0.717, 1.165) is 97.9 Å². The Labute approximate surface area is 454 Å². The van der Waals surface area contributed by atoms with Crippen LogP contribution in [0.1, 0.15) is 167 Å². The highest BCUT2D eigenvalue weighted by molar-refractivity contribution is 6.17. The minimum Gasteiger partial charge on any atom is -0.508 e. The van der Waals surface area contributed by atoms with Crippen molar-refractivity contribution in [3.8, 4) is 11.5 Å². The van der Waals surface area contributed by atoms with Crippen LogP contribution in [0.5, 0.6) is 11.5 Å². The number of halogens is 1. The molecule has 0 aliphatic rings. The smallest absolute Gasteiger partial charge is 0.333 e. The van der Waals surface area contributed by atoms with Crippen LogP contribution in [0.15, 0.2) is 166 Å². The van der Waals surface area contributed by atoms with E-state index in [2.05, 4.69) is 99.4 Å². The topological polar surface area (TPSA) is 158 Å². The first-order valence-electron chi connectivity index (χ1n) is 26.6. The highest BCUT2D eigenvalue weighted by Crippen LogP contribution is 2.26. The number of alkyl halides is 1. The van der Waals surface area contributed by atoms with Crippen molar-refractivity contribution in [2.75, 3.05) is 31.4 Å². The third-order valence-electron chi connectivity index (χ3n) is 11.4. The molecule has 0 fully saturated rings. The molecule has 0 saturated heterocycles. The van der Waals surface area contributed by atoms with Crippen LogP contribution in [0.3, 0.4) is 0 Å². The largest absolute Gasteiger partial charge is 0.508 e. The van der Waals surface area contributed by atoms with Crippen molar-refractivity contribution in [3.05, 3.63) is 162 Å². The van der Waals surface area contributed by atoms with E-state index in [1.54, 1.807) is 38.1 Å². The standard InChI is InChI=1S/C27H36N2O3.C15H16N2O.C12H21ClO2.C9H13N/c1-21(2)23-12-11-13-25(20-23)29-28-24-14-16-26(17-15-24)31-18-9-7-5-6-8-10-19-32-27(30)22(3)4;1-11(2)12-4-3-5-14(10-12)17-16-13-6-8-15(18)9-7-13;1-11(2)12(14)15-10-8-6-4-3-5-7-9-13;1-7(2)8-4-3-5-9(10)6-8/h11-17,20-21H,3,5-10,18-19H2,1-2,4H3;3-11,18H,1-2H3;1,3-10H2,2H3;3-7H,10H2,1-2H3. The molecule has 3 N–H and O–H groups in total. The Morgan fingerprint density at radius 1 is 0.493 bits per heavy atom. The maximum absolute atomic E-state index is 11.3. The second-order valence-electron chi connectivity index (χ2n) is 19.3. The summed E-state index contributed by atoms with van der Waals surface area (Å²) in [6.45, 7) is 25.1. The average molecular weight is 1040 g/mol. The number of aromatic hydroxyl groups is 1. The summed E-state index contributed by atoms with van der Waals surface area (Å²) in [6.07, 6.45) is 13.2. The van der Waals surface area contributed by atoms with Gasteiger partial charge in [-0.15, -0.1) is 11.6 Å². The Morgan fingerprint density at radius 3 is 1.24 bits per heavy atom. The normalized spacial score (nSPS) is 10.8. The lowest BCUT2D eigenvalue weighted by molar-refractivity contribution is -0.139. The molecule has 0 saturated carbocycles. The Kier molecular flexibility index (Phi) is 33.5. The molecule has 0 bridgehead atoms. The molecule has 0 unspecified atom stereocenters. The molecular formula is C63H86ClN5O6. The number of nitrogen functional groups attached to an aromatic ring is 1. The first kappa shape index (κ1) is 64.5. The van der Waals surface area contributed by atoms with E-state index in [-0.39, 0.29) is 17.7 Å². The summed E-state index contributed by atoms with van der Waals surface area (Å²) in [6, 6.07) is 38.6. The summed E-state index contributed by atoms with van der Waals surface area (Å²) >= 11 is 5.56. The summed E-state index contributed by atoms with van der Waals surface area (Å²) < 4.78 is 15.9. The van der Waals surface area contributed by atoms with Gasteiger partial charge in [0.1, 0.15) is 11.5 Å². The summed E-state index contributed by atoms with van der Waals surface area (Å²) in [5, 5.41) is 26.2. The zero-order chi connectivity index (χ0) is 55.2. The van der Waals surface area contributed by atoms with Gasteiger partial charge in [0.15, 0.2) is 0 Å². The van der Waals surface area contributed by atoms with E-state index in [1.807, 2.05) is 72.8 Å². The average Bonchev–Trinajstić information content (AvgIpc) is 3.40. The van der Waals surface area contributed by atoms with Crippen molar-refractivity contribution in [2.45, 2.75) is 150 Å². The van der Waals surface area contributed by atoms with Gasteiger partial charge in [0.05, 0.1) is 42.6 Å². The zero-order valence-corrected chi connectivity index (χ0v) is 47.0. The van der Waals surface area contributed by atoms with Crippen molar-refractivity contribution in [1.29, 1.82) is 0 Å². The Morgan fingerprint density at radius 2 is 0.853 bits per heavy atom. The predicted molar refractivity (Wildman–Crippen MR) is 312 cm³/mol. The van der Waals surface area contributed by atoms with Gasteiger partial charge in [-0.25, -0.2) is 9.59 Å². The molecule has 0 spiro atoms. The van der Waals surface area contributed by atoms with Crippen molar-refractivity contribution in [1.82, 2.24) is 0 Å². The van der Waals surface area contributed by atoms with Crippen LogP contribution in [-0.2, 0) is 19.1 Å². The first-order chi connectivity index (χ1) is 36.0. The molecule has 0 amide bonds. The number of hydrogen-bond donors (Lipinski definition) is 2. The lowest BCUT2D eigenvalue weighted by Gasteiger charge is -2.07. The van der Waals surface area contributed by atoms with Gasteiger partial charge >= 0.3 is 11.9 Å². The lowest BCUT2D eigenvalue weighted by Crippen LogP contribution is -2.06. The molecule has 0 aromatic heterocycles. The molecule has 5 aromatic carbocycles. The number of carbonyl (C=O) groups is 2.